The van der Waals surface area contributed by atoms with Crippen LogP contribution in [-0.4, -0.2) is 23.0 Å². The van der Waals surface area contributed by atoms with E-state index in [1.54, 1.807) is 6.20 Å². The summed E-state index contributed by atoms with van der Waals surface area (Å²) in [5.74, 6) is 1.57. The predicted molar refractivity (Wildman–Crippen MR) is 113 cm³/mol. The number of pyridine rings is 1. The van der Waals surface area contributed by atoms with Crippen molar-refractivity contribution in [3.05, 3.63) is 48.2 Å². The van der Waals surface area contributed by atoms with Gasteiger partial charge in [0.1, 0.15) is 0 Å². The molecule has 6 heteroatoms. The van der Waals surface area contributed by atoms with Crippen LogP contribution in [0.5, 0.6) is 17.4 Å². The summed E-state index contributed by atoms with van der Waals surface area (Å²) >= 11 is 0. The Morgan fingerprint density at radius 3 is 2.79 bits per heavy atom. The Bertz CT molecular complexity index is 823. The fourth-order valence-corrected chi connectivity index (χ4v) is 3.71. The van der Waals surface area contributed by atoms with Crippen LogP contribution in [-0.2, 0) is 11.3 Å². The van der Waals surface area contributed by atoms with Gasteiger partial charge in [0, 0.05) is 23.8 Å². The van der Waals surface area contributed by atoms with E-state index >= 15 is 0 Å². The van der Waals surface area contributed by atoms with Crippen molar-refractivity contribution in [1.29, 1.82) is 0 Å². The number of para-hydroxylation sites is 2. The van der Waals surface area contributed by atoms with Crippen molar-refractivity contribution in [2.45, 2.75) is 58.0 Å². The van der Waals surface area contributed by atoms with Crippen LogP contribution < -0.4 is 20.5 Å². The number of carbonyl (C=O) groups is 1. The second kappa shape index (κ2) is 9.74. The molecule has 1 saturated carbocycles. The molecular weight excluding hydrogens is 366 g/mol. The van der Waals surface area contributed by atoms with E-state index in [0.717, 1.165) is 37.7 Å². The van der Waals surface area contributed by atoms with Gasteiger partial charge in [-0.3, -0.25) is 4.79 Å². The van der Waals surface area contributed by atoms with Gasteiger partial charge in [-0.25, -0.2) is 4.98 Å². The number of carbonyl (C=O) groups excluding carboxylic acids is 1. The Labute approximate surface area is 172 Å². The Kier molecular flexibility index (Phi) is 7.09. The highest BCUT2D eigenvalue weighted by atomic mass is 16.5. The first-order chi connectivity index (χ1) is 14.0. The Hall–Kier alpha value is -2.60. The lowest BCUT2D eigenvalue weighted by Gasteiger charge is -2.37. The van der Waals surface area contributed by atoms with E-state index in [2.05, 4.69) is 17.2 Å². The lowest BCUT2D eigenvalue weighted by Crippen LogP contribution is -2.52. The van der Waals surface area contributed by atoms with Crippen molar-refractivity contribution in [3.63, 3.8) is 0 Å². The molecule has 1 aliphatic carbocycles. The van der Waals surface area contributed by atoms with E-state index in [9.17, 15) is 4.79 Å². The summed E-state index contributed by atoms with van der Waals surface area (Å²) in [6, 6.07) is 11.3. The largest absolute Gasteiger partial charge is 0.490 e. The minimum Gasteiger partial charge on any atom is -0.490 e. The fraction of sp³-hybridized carbons (Fsp3) is 0.478. The number of amides is 1. The zero-order valence-corrected chi connectivity index (χ0v) is 17.3. The zero-order valence-electron chi connectivity index (χ0n) is 17.3. The smallest absolute Gasteiger partial charge is 0.225 e. The topological polar surface area (TPSA) is 86.5 Å². The van der Waals surface area contributed by atoms with Gasteiger partial charge < -0.3 is 20.5 Å². The minimum absolute atomic E-state index is 0.00353. The van der Waals surface area contributed by atoms with Crippen LogP contribution in [0.4, 0.5) is 0 Å². The van der Waals surface area contributed by atoms with Crippen molar-refractivity contribution in [2.24, 2.45) is 11.7 Å². The Balaban J connectivity index is 1.69. The zero-order chi connectivity index (χ0) is 20.7. The maximum Gasteiger partial charge on any atom is 0.225 e. The lowest BCUT2D eigenvalue weighted by atomic mass is 9.74. The molecule has 0 spiro atoms. The van der Waals surface area contributed by atoms with Gasteiger partial charge in [0.15, 0.2) is 11.5 Å². The van der Waals surface area contributed by atoms with Crippen LogP contribution >= 0.6 is 0 Å². The summed E-state index contributed by atoms with van der Waals surface area (Å²) in [7, 11) is 0. The van der Waals surface area contributed by atoms with Crippen molar-refractivity contribution in [1.82, 2.24) is 10.3 Å². The molecule has 3 N–H and O–H groups in total. The lowest BCUT2D eigenvalue weighted by molar-refractivity contribution is -0.128. The number of nitrogens with zero attached hydrogens (tertiary/aromatic N) is 1. The van der Waals surface area contributed by atoms with E-state index in [0.29, 0.717) is 30.5 Å². The highest BCUT2D eigenvalue weighted by molar-refractivity contribution is 5.80. The molecule has 6 nitrogen and oxygen atoms in total. The van der Waals surface area contributed by atoms with Crippen molar-refractivity contribution < 1.29 is 14.3 Å². The second-order valence-corrected chi connectivity index (χ2v) is 7.89. The van der Waals surface area contributed by atoms with Crippen LogP contribution in [0.25, 0.3) is 0 Å². The Morgan fingerprint density at radius 2 is 2.03 bits per heavy atom. The first-order valence-corrected chi connectivity index (χ1v) is 10.4. The van der Waals surface area contributed by atoms with E-state index in [1.807, 2.05) is 43.3 Å². The number of hydrogen-bond acceptors (Lipinski definition) is 5. The molecule has 3 rings (SSSR count). The van der Waals surface area contributed by atoms with E-state index in [1.165, 1.54) is 0 Å². The van der Waals surface area contributed by atoms with Gasteiger partial charge in [-0.05, 0) is 44.4 Å². The molecule has 2 atom stereocenters. The maximum absolute atomic E-state index is 12.8. The van der Waals surface area contributed by atoms with Crippen LogP contribution in [0, 0.1) is 5.92 Å². The molecule has 29 heavy (non-hydrogen) atoms. The normalized spacial score (nSPS) is 21.4. The van der Waals surface area contributed by atoms with Gasteiger partial charge in [-0.15, -0.1) is 0 Å². The number of nitrogens with one attached hydrogen (secondary N) is 1. The van der Waals surface area contributed by atoms with E-state index in [4.69, 9.17) is 15.2 Å². The summed E-state index contributed by atoms with van der Waals surface area (Å²) < 4.78 is 11.8. The highest BCUT2D eigenvalue weighted by Crippen LogP contribution is 2.33. The van der Waals surface area contributed by atoms with Crippen molar-refractivity contribution in [3.8, 4) is 17.4 Å². The Morgan fingerprint density at radius 1 is 1.24 bits per heavy atom. The third kappa shape index (κ3) is 5.48. The first kappa shape index (κ1) is 21.1. The average molecular weight is 398 g/mol. The number of ether oxygens (including phenoxy) is 2. The molecule has 0 saturated heterocycles. The molecule has 156 valence electrons. The van der Waals surface area contributed by atoms with Gasteiger partial charge in [0.25, 0.3) is 0 Å². The standard InChI is InChI=1S/C23H31N3O3/c1-3-15-28-19-11-4-5-12-20(19)29-22-17(9-8-14-25-22)16-26-21(27)18-10-6-7-13-23(18,2)24/h4-5,8-9,11-12,14,18H,3,6-7,10,13,15-16,24H2,1-2H3,(H,26,27). The number of aromatic nitrogens is 1. The summed E-state index contributed by atoms with van der Waals surface area (Å²) in [5.41, 5.74) is 6.72. The van der Waals surface area contributed by atoms with Gasteiger partial charge in [-0.2, -0.15) is 0 Å². The molecule has 1 heterocycles. The summed E-state index contributed by atoms with van der Waals surface area (Å²) in [6.07, 6.45) is 6.42. The molecule has 1 aromatic heterocycles. The number of benzene rings is 1. The molecule has 2 unspecified atom stereocenters. The predicted octanol–water partition coefficient (Wildman–Crippen LogP) is 4.19. The molecule has 1 fully saturated rings. The second-order valence-electron chi connectivity index (χ2n) is 7.89. The summed E-state index contributed by atoms with van der Waals surface area (Å²) in [6.45, 7) is 4.99. The molecule has 0 bridgehead atoms. The molecule has 0 aliphatic heterocycles. The highest BCUT2D eigenvalue weighted by Gasteiger charge is 2.37. The molecule has 2 aromatic rings. The summed E-state index contributed by atoms with van der Waals surface area (Å²) in [5, 5.41) is 3.03. The van der Waals surface area contributed by atoms with Gasteiger partial charge in [0.05, 0.1) is 12.5 Å². The fourth-order valence-electron chi connectivity index (χ4n) is 3.71. The number of nitrogens with two attached hydrogens (primary N) is 1. The molecule has 0 radical (unpaired) electrons. The van der Waals surface area contributed by atoms with E-state index < -0.39 is 5.54 Å². The van der Waals surface area contributed by atoms with Crippen LogP contribution in [0.1, 0.15) is 51.5 Å². The molecular formula is C23H31N3O3. The van der Waals surface area contributed by atoms with Crippen molar-refractivity contribution in [2.75, 3.05) is 6.61 Å². The third-order valence-electron chi connectivity index (χ3n) is 5.39. The molecule has 1 amide bonds. The van der Waals surface area contributed by atoms with Gasteiger partial charge in [-0.1, -0.05) is 38.0 Å². The number of hydrogen-bond donors (Lipinski definition) is 2. The number of rotatable bonds is 8. The quantitative estimate of drug-likeness (QED) is 0.698. The summed E-state index contributed by atoms with van der Waals surface area (Å²) in [4.78, 5) is 17.1. The van der Waals surface area contributed by atoms with E-state index in [-0.39, 0.29) is 11.8 Å². The molecule has 1 aliphatic rings. The third-order valence-corrected chi connectivity index (χ3v) is 5.39. The van der Waals surface area contributed by atoms with Gasteiger partial charge in [0.2, 0.25) is 11.8 Å². The molecule has 1 aromatic carbocycles. The van der Waals surface area contributed by atoms with Crippen LogP contribution in [0.3, 0.4) is 0 Å². The van der Waals surface area contributed by atoms with Crippen LogP contribution in [0.2, 0.25) is 0 Å². The van der Waals surface area contributed by atoms with Crippen molar-refractivity contribution >= 4 is 5.91 Å². The first-order valence-electron chi connectivity index (χ1n) is 10.4. The monoisotopic (exact) mass is 397 g/mol. The van der Waals surface area contributed by atoms with Gasteiger partial charge >= 0.3 is 0 Å². The SMILES string of the molecule is CCCOc1ccccc1Oc1ncccc1CNC(=O)C1CCCCC1(C)N. The minimum atomic E-state index is -0.452. The average Bonchev–Trinajstić information content (AvgIpc) is 2.72. The van der Waals surface area contributed by atoms with Crippen LogP contribution in [0.15, 0.2) is 42.6 Å². The maximum atomic E-state index is 12.8.